The van der Waals surface area contributed by atoms with Gasteiger partial charge in [-0.2, -0.15) is 0 Å². The van der Waals surface area contributed by atoms with Gasteiger partial charge in [-0.3, -0.25) is 0 Å². The van der Waals surface area contributed by atoms with Gasteiger partial charge in [-0.25, -0.2) is 0 Å². The Morgan fingerprint density at radius 3 is 2.45 bits per heavy atom. The molecule has 0 spiro atoms. The second-order valence-electron chi connectivity index (χ2n) is 6.40. The molecule has 1 aliphatic carbocycles. The molecule has 1 aromatic carbocycles. The van der Waals surface area contributed by atoms with E-state index in [4.69, 9.17) is 5.73 Å². The molecule has 0 saturated carbocycles. The van der Waals surface area contributed by atoms with E-state index >= 15 is 0 Å². The van der Waals surface area contributed by atoms with Crippen molar-refractivity contribution >= 4 is 0 Å². The molecule has 2 N–H and O–H groups in total. The van der Waals surface area contributed by atoms with E-state index in [0.29, 0.717) is 0 Å². The summed E-state index contributed by atoms with van der Waals surface area (Å²) >= 11 is 0. The Morgan fingerprint density at radius 2 is 1.65 bits per heavy atom. The number of hydrogen-bond donors (Lipinski definition) is 1. The van der Waals surface area contributed by atoms with Crippen LogP contribution in [0.2, 0.25) is 0 Å². The van der Waals surface area contributed by atoms with Gasteiger partial charge >= 0.3 is 0 Å². The standard InChI is InChI=1S/C19H31N/c1-2-3-4-5-6-7-12-19(20)18-14-13-16-10-8-9-11-17(16)15-18/h13-15,19H,2-12,20H2,1H3. The average Bonchev–Trinajstić information content (AvgIpc) is 2.50. The Balaban J connectivity index is 1.76. The molecule has 1 heteroatoms. The van der Waals surface area contributed by atoms with E-state index in [9.17, 15) is 0 Å². The predicted octanol–water partition coefficient (Wildman–Crippen LogP) is 5.32. The lowest BCUT2D eigenvalue weighted by molar-refractivity contribution is 0.546. The molecule has 0 aromatic heterocycles. The van der Waals surface area contributed by atoms with Crippen molar-refractivity contribution in [1.29, 1.82) is 0 Å². The maximum atomic E-state index is 6.37. The van der Waals surface area contributed by atoms with Gasteiger partial charge in [0, 0.05) is 6.04 Å². The van der Waals surface area contributed by atoms with Crippen LogP contribution in [-0.2, 0) is 12.8 Å². The van der Waals surface area contributed by atoms with E-state index in [0.717, 1.165) is 6.42 Å². The van der Waals surface area contributed by atoms with Crippen LogP contribution in [0, 0.1) is 0 Å². The Labute approximate surface area is 125 Å². The number of rotatable bonds is 8. The molecule has 0 saturated heterocycles. The Hall–Kier alpha value is -0.820. The van der Waals surface area contributed by atoms with E-state index in [-0.39, 0.29) is 6.04 Å². The van der Waals surface area contributed by atoms with Crippen LogP contribution in [0.5, 0.6) is 0 Å². The molecular weight excluding hydrogens is 242 g/mol. The van der Waals surface area contributed by atoms with Gasteiger partial charge in [0.2, 0.25) is 0 Å². The summed E-state index contributed by atoms with van der Waals surface area (Å²) in [6.45, 7) is 2.27. The molecule has 0 fully saturated rings. The van der Waals surface area contributed by atoms with Gasteiger partial charge < -0.3 is 5.73 Å². The molecule has 0 bridgehead atoms. The molecule has 1 unspecified atom stereocenters. The zero-order valence-electron chi connectivity index (χ0n) is 13.2. The molecular formula is C19H31N. The van der Waals surface area contributed by atoms with Crippen molar-refractivity contribution in [2.24, 2.45) is 5.73 Å². The summed E-state index contributed by atoms with van der Waals surface area (Å²) in [5.41, 5.74) is 10.9. The van der Waals surface area contributed by atoms with E-state index in [1.807, 2.05) is 0 Å². The normalized spacial score (nSPS) is 15.9. The lowest BCUT2D eigenvalue weighted by Crippen LogP contribution is -2.12. The van der Waals surface area contributed by atoms with Gasteiger partial charge in [0.1, 0.15) is 0 Å². The molecule has 0 radical (unpaired) electrons. The zero-order chi connectivity index (χ0) is 14.2. The second-order valence-corrected chi connectivity index (χ2v) is 6.40. The number of fused-ring (bicyclic) bond motifs is 1. The van der Waals surface area contributed by atoms with Crippen molar-refractivity contribution in [3.05, 3.63) is 34.9 Å². The fraction of sp³-hybridized carbons (Fsp3) is 0.684. The predicted molar refractivity (Wildman–Crippen MR) is 88.0 cm³/mol. The second kappa shape index (κ2) is 8.46. The van der Waals surface area contributed by atoms with Gasteiger partial charge in [-0.1, -0.05) is 63.6 Å². The van der Waals surface area contributed by atoms with Crippen molar-refractivity contribution in [2.75, 3.05) is 0 Å². The minimum Gasteiger partial charge on any atom is -0.324 e. The van der Waals surface area contributed by atoms with Crippen LogP contribution in [0.15, 0.2) is 18.2 Å². The van der Waals surface area contributed by atoms with Crippen molar-refractivity contribution in [1.82, 2.24) is 0 Å². The molecule has 1 aromatic rings. The first-order valence-electron chi connectivity index (χ1n) is 8.68. The zero-order valence-corrected chi connectivity index (χ0v) is 13.2. The minimum absolute atomic E-state index is 0.244. The highest BCUT2D eigenvalue weighted by molar-refractivity contribution is 5.35. The fourth-order valence-corrected chi connectivity index (χ4v) is 3.30. The monoisotopic (exact) mass is 273 g/mol. The topological polar surface area (TPSA) is 26.0 Å². The highest BCUT2D eigenvalue weighted by atomic mass is 14.6. The Bertz CT molecular complexity index is 397. The van der Waals surface area contributed by atoms with Crippen LogP contribution in [0.25, 0.3) is 0 Å². The van der Waals surface area contributed by atoms with Crippen LogP contribution in [-0.4, -0.2) is 0 Å². The van der Waals surface area contributed by atoms with Crippen molar-refractivity contribution in [3.63, 3.8) is 0 Å². The number of unbranched alkanes of at least 4 members (excludes halogenated alkanes) is 5. The summed E-state index contributed by atoms with van der Waals surface area (Å²) in [4.78, 5) is 0. The van der Waals surface area contributed by atoms with Gasteiger partial charge in [-0.05, 0) is 48.8 Å². The summed E-state index contributed by atoms with van der Waals surface area (Å²) < 4.78 is 0. The highest BCUT2D eigenvalue weighted by Crippen LogP contribution is 2.26. The van der Waals surface area contributed by atoms with Gasteiger partial charge in [0.25, 0.3) is 0 Å². The third-order valence-corrected chi connectivity index (χ3v) is 4.67. The quantitative estimate of drug-likeness (QED) is 0.638. The smallest absolute Gasteiger partial charge is 0.0294 e. The van der Waals surface area contributed by atoms with Crippen molar-refractivity contribution in [3.8, 4) is 0 Å². The lowest BCUT2D eigenvalue weighted by Gasteiger charge is -2.19. The van der Waals surface area contributed by atoms with Crippen LogP contribution >= 0.6 is 0 Å². The maximum Gasteiger partial charge on any atom is 0.0294 e. The molecule has 1 atom stereocenters. The molecule has 1 aliphatic rings. The first-order chi connectivity index (χ1) is 9.81. The SMILES string of the molecule is CCCCCCCCC(N)c1ccc2c(c1)CCCC2. The first-order valence-corrected chi connectivity index (χ1v) is 8.68. The Kier molecular flexibility index (Phi) is 6.59. The minimum atomic E-state index is 0.244. The summed E-state index contributed by atoms with van der Waals surface area (Å²) in [7, 11) is 0. The van der Waals surface area contributed by atoms with E-state index in [1.54, 1.807) is 11.1 Å². The molecule has 2 rings (SSSR count). The van der Waals surface area contributed by atoms with Gasteiger partial charge in [-0.15, -0.1) is 0 Å². The summed E-state index contributed by atoms with van der Waals surface area (Å²) in [6.07, 6.45) is 14.5. The van der Waals surface area contributed by atoms with Crippen LogP contribution in [0.3, 0.4) is 0 Å². The number of hydrogen-bond acceptors (Lipinski definition) is 1. The third-order valence-electron chi connectivity index (χ3n) is 4.67. The van der Waals surface area contributed by atoms with Crippen LogP contribution in [0.4, 0.5) is 0 Å². The molecule has 0 heterocycles. The molecule has 0 amide bonds. The summed E-state index contributed by atoms with van der Waals surface area (Å²) in [5.74, 6) is 0. The average molecular weight is 273 g/mol. The number of nitrogens with two attached hydrogens (primary N) is 1. The first kappa shape index (κ1) is 15.6. The molecule has 20 heavy (non-hydrogen) atoms. The summed E-state index contributed by atoms with van der Waals surface area (Å²) in [6, 6.07) is 7.22. The van der Waals surface area contributed by atoms with E-state index in [2.05, 4.69) is 25.1 Å². The van der Waals surface area contributed by atoms with Crippen LogP contribution in [0.1, 0.15) is 87.4 Å². The van der Waals surface area contributed by atoms with E-state index < -0.39 is 0 Å². The van der Waals surface area contributed by atoms with E-state index in [1.165, 1.54) is 69.8 Å². The van der Waals surface area contributed by atoms with Crippen molar-refractivity contribution < 1.29 is 0 Å². The third kappa shape index (κ3) is 4.63. The Morgan fingerprint density at radius 1 is 0.950 bits per heavy atom. The molecule has 112 valence electrons. The molecule has 0 aliphatic heterocycles. The largest absolute Gasteiger partial charge is 0.324 e. The molecule has 1 nitrogen and oxygen atoms in total. The maximum absolute atomic E-state index is 6.37. The van der Waals surface area contributed by atoms with Crippen molar-refractivity contribution in [2.45, 2.75) is 83.6 Å². The fourth-order valence-electron chi connectivity index (χ4n) is 3.30. The number of aryl methyl sites for hydroxylation is 2. The highest BCUT2D eigenvalue weighted by Gasteiger charge is 2.12. The lowest BCUT2D eigenvalue weighted by atomic mass is 9.88. The number of benzene rings is 1. The summed E-state index contributed by atoms with van der Waals surface area (Å²) in [5, 5.41) is 0. The van der Waals surface area contributed by atoms with Gasteiger partial charge in [0.05, 0.1) is 0 Å². The van der Waals surface area contributed by atoms with Crippen LogP contribution < -0.4 is 5.73 Å². The van der Waals surface area contributed by atoms with Gasteiger partial charge in [0.15, 0.2) is 0 Å².